The molecule has 0 saturated carbocycles. The summed E-state index contributed by atoms with van der Waals surface area (Å²) in [6.07, 6.45) is -2.49. The van der Waals surface area contributed by atoms with Gasteiger partial charge >= 0.3 is 12.1 Å². The number of carbonyl (C=O) groups is 1. The monoisotopic (exact) mass is 576 g/mol. The number of rotatable bonds is 11. The maximum atomic E-state index is 13.0. The number of allylic oxidation sites excluding steroid dienone is 2. The van der Waals surface area contributed by atoms with Crippen LogP contribution in [0.15, 0.2) is 89.3 Å². The number of nitrogens with zero attached hydrogens (tertiary/aromatic N) is 1. The normalized spacial score (nSPS) is 17.6. The van der Waals surface area contributed by atoms with E-state index in [1.807, 2.05) is 37.3 Å². The van der Waals surface area contributed by atoms with Crippen molar-refractivity contribution in [2.45, 2.75) is 57.7 Å². The van der Waals surface area contributed by atoms with Crippen LogP contribution in [-0.4, -0.2) is 37.3 Å². The minimum Gasteiger partial charge on any atom is -0.512 e. The van der Waals surface area contributed by atoms with Crippen molar-refractivity contribution in [1.82, 2.24) is 0 Å². The number of cyclic esters (lactones) is 1. The van der Waals surface area contributed by atoms with Gasteiger partial charge in [-0.3, -0.25) is 9.71 Å². The molecule has 7 nitrogen and oxygen atoms in total. The number of alkyl halides is 3. The highest BCUT2D eigenvalue weighted by Crippen LogP contribution is 2.38. The Morgan fingerprint density at radius 3 is 2.52 bits per heavy atom. The second-order valence-corrected chi connectivity index (χ2v) is 10.8. The van der Waals surface area contributed by atoms with Crippen molar-refractivity contribution in [2.75, 3.05) is 4.72 Å². The molecule has 0 spiro atoms. The van der Waals surface area contributed by atoms with Crippen molar-refractivity contribution in [3.05, 3.63) is 101 Å². The molecule has 1 aliphatic rings. The number of aliphatic hydroxyl groups excluding tert-OH is 1. The fraction of sp³-hybridized carbons (Fsp3) is 0.310. The van der Waals surface area contributed by atoms with E-state index in [9.17, 15) is 31.5 Å². The lowest BCUT2D eigenvalue weighted by atomic mass is 9.83. The topological polar surface area (TPSA) is 105 Å². The Bertz CT molecular complexity index is 1430. The van der Waals surface area contributed by atoms with E-state index in [-0.39, 0.29) is 23.4 Å². The van der Waals surface area contributed by atoms with Crippen LogP contribution in [0, 0.1) is 6.92 Å². The first-order valence-corrected chi connectivity index (χ1v) is 14.1. The molecular weight excluding hydrogens is 545 g/mol. The van der Waals surface area contributed by atoms with Crippen LogP contribution in [0.5, 0.6) is 0 Å². The summed E-state index contributed by atoms with van der Waals surface area (Å²) in [5, 5.41) is 10.9. The minimum absolute atomic E-state index is 0.0619. The Kier molecular flexibility index (Phi) is 9.97. The smallest absolute Gasteiger partial charge is 0.417 e. The zero-order valence-electron chi connectivity index (χ0n) is 22.1. The molecule has 1 aliphatic heterocycles. The highest BCUT2D eigenvalue weighted by molar-refractivity contribution is 8.05. The second kappa shape index (κ2) is 13.0. The molecular formula is C29H31F3N2O5S. The lowest BCUT2D eigenvalue weighted by molar-refractivity contribution is -0.147. The van der Waals surface area contributed by atoms with E-state index in [0.717, 1.165) is 5.56 Å². The SMILES string of the molecule is C=C/C(=C\N=CS(=O)(=O)Nc1cccc(C(CC)C2=C(O)CC(CCc3ccccc3)OC2=O)c1C)C(F)(F)F. The third-order valence-corrected chi connectivity index (χ3v) is 7.45. The van der Waals surface area contributed by atoms with Crippen molar-refractivity contribution in [3.8, 4) is 0 Å². The Labute approximate surface area is 231 Å². The summed E-state index contributed by atoms with van der Waals surface area (Å²) in [6.45, 7) is 6.52. The number of halogens is 3. The van der Waals surface area contributed by atoms with Gasteiger partial charge in [0.25, 0.3) is 10.0 Å². The summed E-state index contributed by atoms with van der Waals surface area (Å²) in [6, 6.07) is 14.5. The van der Waals surface area contributed by atoms with Gasteiger partial charge in [0.05, 0.1) is 16.8 Å². The zero-order valence-corrected chi connectivity index (χ0v) is 22.9. The first kappa shape index (κ1) is 30.7. The Morgan fingerprint density at radius 2 is 1.93 bits per heavy atom. The molecule has 40 heavy (non-hydrogen) atoms. The molecule has 11 heteroatoms. The number of anilines is 1. The van der Waals surface area contributed by atoms with Gasteiger partial charge in [-0.15, -0.1) is 0 Å². The molecule has 0 radical (unpaired) electrons. The molecule has 0 fully saturated rings. The average Bonchev–Trinajstić information content (AvgIpc) is 2.89. The van der Waals surface area contributed by atoms with E-state index in [4.69, 9.17) is 4.74 Å². The zero-order chi connectivity index (χ0) is 29.5. The van der Waals surface area contributed by atoms with Gasteiger partial charge in [0.15, 0.2) is 0 Å². The lowest BCUT2D eigenvalue weighted by Gasteiger charge is -2.29. The number of ether oxygens (including phenoxy) is 1. The minimum atomic E-state index is -4.72. The van der Waals surface area contributed by atoms with Gasteiger partial charge in [-0.2, -0.15) is 13.2 Å². The first-order valence-electron chi connectivity index (χ1n) is 12.6. The molecule has 3 rings (SSSR count). The molecule has 2 atom stereocenters. The van der Waals surface area contributed by atoms with E-state index >= 15 is 0 Å². The van der Waals surface area contributed by atoms with Crippen LogP contribution in [0.4, 0.5) is 18.9 Å². The molecule has 2 N–H and O–H groups in total. The number of sulfonamides is 1. The van der Waals surface area contributed by atoms with Gasteiger partial charge in [-0.1, -0.05) is 62.0 Å². The average molecular weight is 577 g/mol. The van der Waals surface area contributed by atoms with Crippen molar-refractivity contribution in [3.63, 3.8) is 0 Å². The summed E-state index contributed by atoms with van der Waals surface area (Å²) in [7, 11) is -4.28. The Hall–Kier alpha value is -3.86. The molecule has 2 aromatic carbocycles. The molecule has 214 valence electrons. The predicted octanol–water partition coefficient (Wildman–Crippen LogP) is 6.65. The molecule has 2 unspecified atom stereocenters. The third-order valence-electron chi connectivity index (χ3n) is 6.54. The predicted molar refractivity (Wildman–Crippen MR) is 148 cm³/mol. The lowest BCUT2D eigenvalue weighted by Crippen LogP contribution is -2.30. The summed E-state index contributed by atoms with van der Waals surface area (Å²) >= 11 is 0. The number of aliphatic hydroxyl groups is 1. The Morgan fingerprint density at radius 1 is 1.23 bits per heavy atom. The van der Waals surface area contributed by atoms with Crippen LogP contribution in [-0.2, 0) is 26.0 Å². The van der Waals surface area contributed by atoms with Crippen LogP contribution in [0.3, 0.4) is 0 Å². The van der Waals surface area contributed by atoms with Crippen LogP contribution >= 0.6 is 0 Å². The summed E-state index contributed by atoms with van der Waals surface area (Å²) in [5.41, 5.74) is 1.60. The van der Waals surface area contributed by atoms with Crippen molar-refractivity contribution < 1.29 is 36.2 Å². The third kappa shape index (κ3) is 7.84. The molecule has 1 heterocycles. The largest absolute Gasteiger partial charge is 0.512 e. The van der Waals surface area contributed by atoms with Crippen molar-refractivity contribution >= 4 is 27.2 Å². The molecule has 0 aromatic heterocycles. The van der Waals surface area contributed by atoms with Crippen molar-refractivity contribution in [2.24, 2.45) is 4.99 Å². The van der Waals surface area contributed by atoms with Gasteiger partial charge in [0.2, 0.25) is 0 Å². The number of nitrogens with one attached hydrogen (secondary N) is 1. The number of aryl methyl sites for hydroxylation is 1. The molecule has 0 amide bonds. The van der Waals surface area contributed by atoms with E-state index in [1.54, 1.807) is 19.1 Å². The number of hydrogen-bond donors (Lipinski definition) is 2. The van der Waals surface area contributed by atoms with Gasteiger partial charge in [-0.05, 0) is 48.9 Å². The molecule has 0 saturated heterocycles. The fourth-order valence-corrected chi connectivity index (χ4v) is 5.31. The van der Waals surface area contributed by atoms with Crippen LogP contribution < -0.4 is 4.72 Å². The molecule has 0 aliphatic carbocycles. The van der Waals surface area contributed by atoms with Crippen LogP contribution in [0.2, 0.25) is 0 Å². The van der Waals surface area contributed by atoms with Gasteiger partial charge in [0, 0.05) is 18.5 Å². The van der Waals surface area contributed by atoms with Crippen molar-refractivity contribution in [1.29, 1.82) is 0 Å². The van der Waals surface area contributed by atoms with Gasteiger partial charge < -0.3 is 9.84 Å². The van der Waals surface area contributed by atoms with E-state index in [1.165, 1.54) is 6.07 Å². The standard InChI is InChI=1S/C29H31F3N2O5S/c1-4-21(29(30,31)32)17-33-18-40(37,38)34-25-13-9-12-24(19(25)3)23(5-2)27-26(35)16-22(39-28(27)36)15-14-20-10-7-6-8-11-20/h4,6-13,17-18,22-23,34-35H,1,5,14-16H2,2-3H3/b21-17+,33-18?. The Balaban J connectivity index is 1.81. The number of aliphatic imine (C=N–C) groups is 1. The van der Waals surface area contributed by atoms with Gasteiger partial charge in [0.1, 0.15) is 17.4 Å². The summed E-state index contributed by atoms with van der Waals surface area (Å²) < 4.78 is 71.4. The summed E-state index contributed by atoms with van der Waals surface area (Å²) in [5.74, 6) is -1.26. The summed E-state index contributed by atoms with van der Waals surface area (Å²) in [4.78, 5) is 16.3. The van der Waals surface area contributed by atoms with Gasteiger partial charge in [-0.25, -0.2) is 13.2 Å². The fourth-order valence-electron chi connectivity index (χ4n) is 4.51. The number of esters is 1. The van der Waals surface area contributed by atoms with E-state index in [0.29, 0.717) is 48.2 Å². The highest BCUT2D eigenvalue weighted by atomic mass is 32.2. The molecule has 2 aromatic rings. The van der Waals surface area contributed by atoms with Crippen LogP contribution in [0.25, 0.3) is 0 Å². The first-order chi connectivity index (χ1) is 18.9. The molecule has 0 bridgehead atoms. The van der Waals surface area contributed by atoms with E-state index in [2.05, 4.69) is 16.3 Å². The van der Waals surface area contributed by atoms with E-state index < -0.39 is 39.8 Å². The van der Waals surface area contributed by atoms with Crippen LogP contribution in [0.1, 0.15) is 48.8 Å². The maximum Gasteiger partial charge on any atom is 0.417 e. The maximum absolute atomic E-state index is 13.0. The number of carbonyl (C=O) groups excluding carboxylic acids is 1. The highest BCUT2D eigenvalue weighted by Gasteiger charge is 2.35. The number of hydrogen-bond acceptors (Lipinski definition) is 6. The second-order valence-electron chi connectivity index (χ2n) is 9.28. The number of benzene rings is 2. The quantitative estimate of drug-likeness (QED) is 0.135.